The monoisotopic (exact) mass is 311 g/mol. The van der Waals surface area contributed by atoms with Crippen LogP contribution < -0.4 is 5.48 Å². The minimum absolute atomic E-state index is 0. The Morgan fingerprint density at radius 2 is 2.00 bits per heavy atom. The number of fused-ring (bicyclic) bond motifs is 1. The lowest BCUT2D eigenvalue weighted by molar-refractivity contribution is -0.128. The van der Waals surface area contributed by atoms with Gasteiger partial charge in [0.25, 0.3) is 0 Å². The van der Waals surface area contributed by atoms with Gasteiger partial charge in [0.2, 0.25) is 0 Å². The first-order chi connectivity index (χ1) is 9.51. The molecule has 0 aliphatic heterocycles. The van der Waals surface area contributed by atoms with Gasteiger partial charge in [-0.05, 0) is 24.3 Å². The Hall–Kier alpha value is -1.36. The molecule has 0 saturated heterocycles. The highest BCUT2D eigenvalue weighted by Gasteiger charge is 2.43. The molecule has 0 amide bonds. The van der Waals surface area contributed by atoms with Crippen LogP contribution in [0.15, 0.2) is 30.3 Å². The summed E-state index contributed by atoms with van der Waals surface area (Å²) in [4.78, 5) is 17.6. The van der Waals surface area contributed by atoms with Gasteiger partial charge in [-0.2, -0.15) is 5.48 Å². The number of carbonyl (C=O) groups excluding carboxylic acids is 1. The minimum Gasteiger partial charge on any atom is -0.507 e. The summed E-state index contributed by atoms with van der Waals surface area (Å²) >= 11 is 0. The Kier molecular flexibility index (Phi) is 5.96. The van der Waals surface area contributed by atoms with E-state index in [2.05, 4.69) is 19.3 Å². The average molecular weight is 312 g/mol. The van der Waals surface area contributed by atoms with Crippen molar-refractivity contribution in [3.05, 3.63) is 41.5 Å². The third-order valence-electron chi connectivity index (χ3n) is 3.72. The van der Waals surface area contributed by atoms with Gasteiger partial charge in [0.1, 0.15) is 11.3 Å². The molecule has 0 aromatic heterocycles. The number of hydrogen-bond acceptors (Lipinski definition) is 4. The fourth-order valence-corrected chi connectivity index (χ4v) is 2.63. The van der Waals surface area contributed by atoms with Crippen LogP contribution >= 0.6 is 12.4 Å². The van der Waals surface area contributed by atoms with E-state index in [1.54, 1.807) is 0 Å². The molecule has 0 saturated carbocycles. The van der Waals surface area contributed by atoms with E-state index in [0.717, 1.165) is 12.0 Å². The molecule has 116 valence electrons. The number of halogens is 1. The average Bonchev–Trinajstić information content (AvgIpc) is 2.42. The molecule has 1 aliphatic rings. The molecule has 2 rings (SSSR count). The molecular formula is C16H22ClNO3. The number of carbonyl (C=O) groups is 1. The highest BCUT2D eigenvalue weighted by molar-refractivity contribution is 6.06. The van der Waals surface area contributed by atoms with Crippen LogP contribution in [0, 0.1) is 5.92 Å². The maximum atomic E-state index is 12.5. The van der Waals surface area contributed by atoms with Crippen LogP contribution in [-0.2, 0) is 15.2 Å². The predicted octanol–water partition coefficient (Wildman–Crippen LogP) is 3.37. The smallest absolute Gasteiger partial charge is 0.186 e. The van der Waals surface area contributed by atoms with Gasteiger partial charge in [-0.3, -0.25) is 4.79 Å². The van der Waals surface area contributed by atoms with Crippen molar-refractivity contribution in [2.24, 2.45) is 5.92 Å². The molecule has 0 radical (unpaired) electrons. The number of rotatable bonds is 5. The summed E-state index contributed by atoms with van der Waals surface area (Å²) < 4.78 is 0. The van der Waals surface area contributed by atoms with E-state index < -0.39 is 5.54 Å². The fourth-order valence-electron chi connectivity index (χ4n) is 2.63. The Morgan fingerprint density at radius 1 is 1.33 bits per heavy atom. The molecule has 21 heavy (non-hydrogen) atoms. The lowest BCUT2D eigenvalue weighted by Gasteiger charge is -2.36. The molecule has 0 heterocycles. The third-order valence-corrected chi connectivity index (χ3v) is 3.72. The predicted molar refractivity (Wildman–Crippen MR) is 85.2 cm³/mol. The molecule has 0 fully saturated rings. The first-order valence-electron chi connectivity index (χ1n) is 6.86. The largest absolute Gasteiger partial charge is 0.507 e. The van der Waals surface area contributed by atoms with E-state index in [-0.39, 0.29) is 23.9 Å². The summed E-state index contributed by atoms with van der Waals surface area (Å²) in [5.41, 5.74) is 3.41. The topological polar surface area (TPSA) is 58.6 Å². The Morgan fingerprint density at radius 3 is 2.62 bits per heavy atom. The lowest BCUT2D eigenvalue weighted by atomic mass is 9.75. The summed E-state index contributed by atoms with van der Waals surface area (Å²) in [6, 6.07) is 7.39. The summed E-state index contributed by atoms with van der Waals surface area (Å²) in [6.07, 6.45) is 2.79. The first-order valence-corrected chi connectivity index (χ1v) is 6.86. The highest BCUT2D eigenvalue weighted by atomic mass is 35.5. The van der Waals surface area contributed by atoms with Gasteiger partial charge >= 0.3 is 0 Å². The second-order valence-corrected chi connectivity index (χ2v) is 5.58. The molecule has 2 N–H and O–H groups in total. The van der Waals surface area contributed by atoms with Gasteiger partial charge in [0.05, 0.1) is 7.11 Å². The minimum atomic E-state index is -0.915. The second-order valence-electron chi connectivity index (χ2n) is 5.58. The number of aliphatic hydroxyl groups is 1. The summed E-state index contributed by atoms with van der Waals surface area (Å²) in [6.45, 7) is 4.24. The molecule has 1 aliphatic carbocycles. The zero-order valence-electron chi connectivity index (χ0n) is 12.6. The van der Waals surface area contributed by atoms with Crippen molar-refractivity contribution < 1.29 is 14.7 Å². The molecule has 1 atom stereocenters. The molecule has 1 aromatic rings. The van der Waals surface area contributed by atoms with Crippen LogP contribution in [0.1, 0.15) is 37.8 Å². The summed E-state index contributed by atoms with van der Waals surface area (Å²) in [5, 5.41) is 9.98. The molecule has 5 heteroatoms. The Bertz CT molecular complexity index is 542. The Labute approximate surface area is 131 Å². The Balaban J connectivity index is 0.00000220. The van der Waals surface area contributed by atoms with Crippen molar-refractivity contribution in [1.29, 1.82) is 0 Å². The maximum absolute atomic E-state index is 12.5. The van der Waals surface area contributed by atoms with E-state index >= 15 is 0 Å². The van der Waals surface area contributed by atoms with Crippen LogP contribution in [0.3, 0.4) is 0 Å². The van der Waals surface area contributed by atoms with Gasteiger partial charge in [-0.25, -0.2) is 0 Å². The lowest BCUT2D eigenvalue weighted by Crippen LogP contribution is -2.50. The van der Waals surface area contributed by atoms with Crippen molar-refractivity contribution in [3.8, 4) is 0 Å². The molecular weight excluding hydrogens is 290 g/mol. The fraction of sp³-hybridized carbons (Fsp3) is 0.438. The quantitative estimate of drug-likeness (QED) is 0.819. The number of hydroxylamine groups is 1. The number of benzene rings is 1. The van der Waals surface area contributed by atoms with E-state index in [9.17, 15) is 9.90 Å². The van der Waals surface area contributed by atoms with Gasteiger partial charge < -0.3 is 9.94 Å². The number of hydrogen-bond donors (Lipinski definition) is 2. The van der Waals surface area contributed by atoms with Gasteiger partial charge in [-0.15, -0.1) is 12.4 Å². The van der Waals surface area contributed by atoms with Crippen molar-refractivity contribution in [2.75, 3.05) is 7.11 Å². The van der Waals surface area contributed by atoms with Crippen molar-refractivity contribution >= 4 is 23.9 Å². The summed E-state index contributed by atoms with van der Waals surface area (Å²) in [7, 11) is 1.51. The van der Waals surface area contributed by atoms with Crippen LogP contribution in [0.5, 0.6) is 0 Å². The van der Waals surface area contributed by atoms with E-state index in [0.29, 0.717) is 17.9 Å². The van der Waals surface area contributed by atoms with E-state index in [1.807, 2.05) is 24.3 Å². The first kappa shape index (κ1) is 17.7. The zero-order valence-corrected chi connectivity index (χ0v) is 13.4. The van der Waals surface area contributed by atoms with Crippen LogP contribution in [-0.4, -0.2) is 18.0 Å². The maximum Gasteiger partial charge on any atom is 0.186 e. The van der Waals surface area contributed by atoms with Crippen LogP contribution in [0.25, 0.3) is 5.76 Å². The van der Waals surface area contributed by atoms with Gasteiger partial charge in [-0.1, -0.05) is 38.1 Å². The molecule has 0 spiro atoms. The summed E-state index contributed by atoms with van der Waals surface area (Å²) in [5.74, 6) is 0.324. The second kappa shape index (κ2) is 7.07. The number of aliphatic hydroxyl groups excluding tert-OH is 1. The highest BCUT2D eigenvalue weighted by Crippen LogP contribution is 2.38. The number of nitrogens with one attached hydrogen (secondary N) is 1. The van der Waals surface area contributed by atoms with Crippen molar-refractivity contribution in [2.45, 2.75) is 32.2 Å². The van der Waals surface area contributed by atoms with E-state index in [1.165, 1.54) is 13.2 Å². The number of ketones is 1. The third kappa shape index (κ3) is 3.28. The zero-order chi connectivity index (χ0) is 14.8. The molecule has 0 unspecified atom stereocenters. The van der Waals surface area contributed by atoms with Crippen molar-refractivity contribution in [1.82, 2.24) is 5.48 Å². The normalized spacial score (nSPS) is 20.8. The van der Waals surface area contributed by atoms with Crippen LogP contribution in [0.4, 0.5) is 0 Å². The van der Waals surface area contributed by atoms with Gasteiger partial charge in [0, 0.05) is 11.6 Å². The van der Waals surface area contributed by atoms with Crippen LogP contribution in [0.2, 0.25) is 0 Å². The molecule has 1 aromatic carbocycles. The van der Waals surface area contributed by atoms with E-state index in [4.69, 9.17) is 4.84 Å². The standard InChI is InChI=1S/C16H21NO3.ClH/c1-11(2)8-9-16(17-20-3)13-7-5-4-6-12(13)14(18)10-15(16)19;/h4-7,10-11,17-18H,8-9H2,1-3H3;1H/t16-;/m0./s1. The molecule has 0 bridgehead atoms. The van der Waals surface area contributed by atoms with Crippen molar-refractivity contribution in [3.63, 3.8) is 0 Å². The SMILES string of the molecule is CON[C@]1(CCC(C)C)C(=O)C=C(O)c2ccccc21.Cl. The molecule has 4 nitrogen and oxygen atoms in total. The van der Waals surface area contributed by atoms with Gasteiger partial charge in [0.15, 0.2) is 5.78 Å².